The first-order chi connectivity index (χ1) is 25.5. The molecule has 12 heteroatoms. The van der Waals surface area contributed by atoms with E-state index in [0.717, 1.165) is 16.6 Å². The summed E-state index contributed by atoms with van der Waals surface area (Å²) in [5.41, 5.74) is 2.64. The second-order valence-electron chi connectivity index (χ2n) is 12.3. The molecule has 2 atom stereocenters. The van der Waals surface area contributed by atoms with Crippen LogP contribution in [0.15, 0.2) is 131 Å². The number of carboxylic acids is 1. The summed E-state index contributed by atoms with van der Waals surface area (Å²) >= 11 is 0. The molecule has 0 saturated carbocycles. The number of para-hydroxylation sites is 2. The first kappa shape index (κ1) is 37.4. The number of amides is 2. The van der Waals surface area contributed by atoms with E-state index in [1.807, 2.05) is 94.1 Å². The summed E-state index contributed by atoms with van der Waals surface area (Å²) in [5.74, 6) is -3.04. The summed E-state index contributed by atoms with van der Waals surface area (Å²) in [4.78, 5) is 73.1. The molecular weight excluding hydrogens is 676 g/mol. The number of benzene rings is 4. The van der Waals surface area contributed by atoms with Gasteiger partial charge in [0.15, 0.2) is 0 Å². The number of fused-ring (bicyclic) bond motifs is 2. The number of aliphatic carboxylic acids is 1. The first-order valence-corrected chi connectivity index (χ1v) is 16.7. The maximum atomic E-state index is 12.8. The predicted molar refractivity (Wildman–Crippen MR) is 201 cm³/mol. The molecule has 0 aliphatic carbocycles. The van der Waals surface area contributed by atoms with Crippen molar-refractivity contribution in [2.24, 2.45) is 0 Å². The molecule has 3 N–H and O–H groups in total. The monoisotopic (exact) mass is 714 g/mol. The number of pyridine rings is 2. The lowest BCUT2D eigenvalue weighted by molar-refractivity contribution is -0.142. The number of methoxy groups -OCH3 is 1. The average Bonchev–Trinajstić information content (AvgIpc) is 3.17. The van der Waals surface area contributed by atoms with E-state index in [0.29, 0.717) is 29.4 Å². The number of ether oxygens (including phenoxy) is 1. The van der Waals surface area contributed by atoms with Crippen LogP contribution < -0.4 is 21.5 Å². The molecule has 0 saturated heterocycles. The lowest BCUT2D eigenvalue weighted by Gasteiger charge is -2.15. The maximum Gasteiger partial charge on any atom is 0.328 e. The van der Waals surface area contributed by atoms with Gasteiger partial charge in [-0.3, -0.25) is 24.0 Å². The van der Waals surface area contributed by atoms with Gasteiger partial charge >= 0.3 is 11.9 Å². The molecule has 0 bridgehead atoms. The molecule has 0 aliphatic heterocycles. The molecule has 0 aliphatic rings. The molecule has 12 nitrogen and oxygen atoms in total. The molecule has 0 spiro atoms. The Morgan fingerprint density at radius 2 is 0.981 bits per heavy atom. The molecule has 53 heavy (non-hydrogen) atoms. The summed E-state index contributed by atoms with van der Waals surface area (Å²) in [7, 11) is 1.24. The molecule has 0 unspecified atom stereocenters. The van der Waals surface area contributed by atoms with Crippen molar-refractivity contribution in [2.75, 3.05) is 7.11 Å². The summed E-state index contributed by atoms with van der Waals surface area (Å²) in [6.45, 7) is 3.85. The second-order valence-corrected chi connectivity index (χ2v) is 12.3. The van der Waals surface area contributed by atoms with Crippen molar-refractivity contribution in [3.63, 3.8) is 0 Å². The summed E-state index contributed by atoms with van der Waals surface area (Å²) in [6.07, 6.45) is 3.03. The van der Waals surface area contributed by atoms with Gasteiger partial charge in [-0.15, -0.1) is 0 Å². The van der Waals surface area contributed by atoms with Crippen molar-refractivity contribution >= 4 is 45.6 Å². The van der Waals surface area contributed by atoms with Gasteiger partial charge in [0, 0.05) is 36.3 Å². The highest BCUT2D eigenvalue weighted by atomic mass is 16.5. The molecule has 0 radical (unpaired) electrons. The lowest BCUT2D eigenvalue weighted by atomic mass is 10.1. The largest absolute Gasteiger partial charge is 0.480 e. The van der Waals surface area contributed by atoms with E-state index in [2.05, 4.69) is 15.4 Å². The molecule has 0 fully saturated rings. The highest BCUT2D eigenvalue weighted by Gasteiger charge is 2.22. The summed E-state index contributed by atoms with van der Waals surface area (Å²) in [6, 6.07) is 31.7. The zero-order chi connectivity index (χ0) is 38.1. The first-order valence-electron chi connectivity index (χ1n) is 16.7. The normalized spacial score (nSPS) is 11.8. The highest BCUT2D eigenvalue weighted by molar-refractivity contribution is 6.00. The van der Waals surface area contributed by atoms with Crippen LogP contribution in [0, 0.1) is 0 Å². The minimum atomic E-state index is -1.16. The van der Waals surface area contributed by atoms with Crippen molar-refractivity contribution in [2.45, 2.75) is 39.0 Å². The van der Waals surface area contributed by atoms with Crippen LogP contribution in [-0.4, -0.2) is 57.2 Å². The van der Waals surface area contributed by atoms with Gasteiger partial charge in [-0.05, 0) is 49.2 Å². The number of nitrogens with zero attached hydrogens (tertiary/aromatic N) is 2. The standard InChI is InChI=1S/C21H20N2O4.C20H18N2O4/c1-14(21(26)27-2)22-20(25)17-13-23(12-15-8-4-3-5-9-15)18-11-7-6-10-16(18)19(17)24;1-13(20(25)26)21-19(24)16-12-22(11-14-7-3-2-4-8-14)17-10-6-5-9-15(17)18(16)23/h3-11,13-14H,12H2,1-2H3,(H,22,25);2-10,12-13H,11H2,1H3,(H,21,24)(H,25,26)/t14-;13-/m00/s1. The van der Waals surface area contributed by atoms with Crippen LogP contribution in [-0.2, 0) is 27.4 Å². The van der Waals surface area contributed by atoms with Crippen molar-refractivity contribution in [1.29, 1.82) is 0 Å². The van der Waals surface area contributed by atoms with E-state index in [4.69, 9.17) is 5.11 Å². The third-order valence-electron chi connectivity index (χ3n) is 8.48. The fraction of sp³-hybridized carbons (Fsp3) is 0.171. The van der Waals surface area contributed by atoms with Gasteiger partial charge in [-0.1, -0.05) is 84.9 Å². The Balaban J connectivity index is 0.000000204. The minimum Gasteiger partial charge on any atom is -0.480 e. The van der Waals surface area contributed by atoms with E-state index in [-0.39, 0.29) is 16.6 Å². The smallest absolute Gasteiger partial charge is 0.328 e. The Labute approximate surface area is 304 Å². The number of hydrogen-bond acceptors (Lipinski definition) is 7. The number of carbonyl (C=O) groups is 4. The zero-order valence-corrected chi connectivity index (χ0v) is 29.3. The Hall–Kier alpha value is -6.82. The third-order valence-corrected chi connectivity index (χ3v) is 8.48. The molecule has 270 valence electrons. The van der Waals surface area contributed by atoms with Gasteiger partial charge in [0.2, 0.25) is 10.9 Å². The Bertz CT molecular complexity index is 2410. The second kappa shape index (κ2) is 16.9. The minimum absolute atomic E-state index is 0.0135. The van der Waals surface area contributed by atoms with Crippen LogP contribution >= 0.6 is 0 Å². The van der Waals surface area contributed by atoms with Crippen molar-refractivity contribution in [3.05, 3.63) is 164 Å². The fourth-order valence-corrected chi connectivity index (χ4v) is 5.68. The van der Waals surface area contributed by atoms with Crippen LogP contribution in [0.1, 0.15) is 45.7 Å². The Morgan fingerprint density at radius 3 is 1.38 bits per heavy atom. The van der Waals surface area contributed by atoms with E-state index in [1.165, 1.54) is 33.4 Å². The van der Waals surface area contributed by atoms with Crippen LogP contribution in [0.4, 0.5) is 0 Å². The molecule has 4 aromatic carbocycles. The van der Waals surface area contributed by atoms with Crippen LogP contribution in [0.5, 0.6) is 0 Å². The number of hydrogen-bond donors (Lipinski definition) is 3. The fourth-order valence-electron chi connectivity index (χ4n) is 5.68. The van der Waals surface area contributed by atoms with Gasteiger partial charge in [0.25, 0.3) is 11.8 Å². The Morgan fingerprint density at radius 1 is 0.604 bits per heavy atom. The SMILES string of the molecule is COC(=O)[C@H](C)NC(=O)c1cn(Cc2ccccc2)c2ccccc2c1=O.C[C@H](NC(=O)c1cn(Cc2ccccc2)c2ccccc2c1=O)C(=O)O. The number of aromatic nitrogens is 2. The molecular formula is C41H38N4O8. The summed E-state index contributed by atoms with van der Waals surface area (Å²) < 4.78 is 8.31. The van der Waals surface area contributed by atoms with Gasteiger partial charge in [-0.25, -0.2) is 4.79 Å². The average molecular weight is 715 g/mol. The van der Waals surface area contributed by atoms with Crippen LogP contribution in [0.3, 0.4) is 0 Å². The quantitative estimate of drug-likeness (QED) is 0.173. The zero-order valence-electron chi connectivity index (χ0n) is 29.3. The third kappa shape index (κ3) is 8.92. The number of esters is 1. The number of carbonyl (C=O) groups excluding carboxylic acids is 3. The predicted octanol–water partition coefficient (Wildman–Crippen LogP) is 4.59. The van der Waals surface area contributed by atoms with Gasteiger partial charge in [-0.2, -0.15) is 0 Å². The molecule has 2 amide bonds. The van der Waals surface area contributed by atoms with Crippen molar-refractivity contribution in [3.8, 4) is 0 Å². The van der Waals surface area contributed by atoms with E-state index < -0.39 is 41.3 Å². The highest BCUT2D eigenvalue weighted by Crippen LogP contribution is 2.16. The molecule has 6 aromatic rings. The number of nitrogens with one attached hydrogen (secondary N) is 2. The number of rotatable bonds is 10. The topological polar surface area (TPSA) is 166 Å². The van der Waals surface area contributed by atoms with Gasteiger partial charge in [0.05, 0.1) is 18.1 Å². The maximum absolute atomic E-state index is 12.8. The van der Waals surface area contributed by atoms with Gasteiger partial charge in [0.1, 0.15) is 23.2 Å². The van der Waals surface area contributed by atoms with Gasteiger partial charge < -0.3 is 29.6 Å². The van der Waals surface area contributed by atoms with Crippen molar-refractivity contribution in [1.82, 2.24) is 19.8 Å². The van der Waals surface area contributed by atoms with Crippen LogP contribution in [0.25, 0.3) is 21.8 Å². The van der Waals surface area contributed by atoms with E-state index in [1.54, 1.807) is 24.3 Å². The molecule has 2 heterocycles. The van der Waals surface area contributed by atoms with E-state index >= 15 is 0 Å². The summed E-state index contributed by atoms with van der Waals surface area (Å²) in [5, 5.41) is 14.7. The molecule has 2 aromatic heterocycles. The van der Waals surface area contributed by atoms with E-state index in [9.17, 15) is 28.8 Å². The van der Waals surface area contributed by atoms with Crippen LogP contribution in [0.2, 0.25) is 0 Å². The Kier molecular flexibility index (Phi) is 12.0. The lowest BCUT2D eigenvalue weighted by Crippen LogP contribution is -2.41. The molecule has 6 rings (SSSR count). The van der Waals surface area contributed by atoms with Crippen molar-refractivity contribution < 1.29 is 29.0 Å². The number of carboxylic acid groups (broad SMARTS) is 1.